The molecule has 0 fully saturated rings. The molecular formula is C14H19FN4O. The van der Waals surface area contributed by atoms with Crippen molar-refractivity contribution in [3.05, 3.63) is 29.6 Å². The molecule has 0 bridgehead atoms. The van der Waals surface area contributed by atoms with Crippen LogP contribution in [-0.4, -0.2) is 31.9 Å². The van der Waals surface area contributed by atoms with Crippen LogP contribution in [0, 0.1) is 12.7 Å². The molecule has 20 heavy (non-hydrogen) atoms. The van der Waals surface area contributed by atoms with Gasteiger partial charge in [0.25, 0.3) is 0 Å². The lowest BCUT2D eigenvalue weighted by atomic mass is 10.1. The monoisotopic (exact) mass is 278 g/mol. The number of unbranched alkanes of at least 4 members (excludes halogenated alkanes) is 3. The number of tetrazole rings is 1. The molecule has 0 atom stereocenters. The predicted molar refractivity (Wildman–Crippen MR) is 73.5 cm³/mol. The van der Waals surface area contributed by atoms with E-state index in [1.165, 1.54) is 6.07 Å². The lowest BCUT2D eigenvalue weighted by Gasteiger charge is -1.99. The minimum Gasteiger partial charge on any atom is -0.396 e. The highest BCUT2D eigenvalue weighted by Gasteiger charge is 2.07. The second-order valence-corrected chi connectivity index (χ2v) is 4.81. The molecule has 0 saturated heterocycles. The van der Waals surface area contributed by atoms with Crippen LogP contribution in [0.15, 0.2) is 18.2 Å². The summed E-state index contributed by atoms with van der Waals surface area (Å²) in [5.74, 6) is 0.286. The highest BCUT2D eigenvalue weighted by Crippen LogP contribution is 2.17. The smallest absolute Gasteiger partial charge is 0.204 e. The molecule has 0 aliphatic carbocycles. The number of hydrogen-bond donors (Lipinski definition) is 1. The number of aliphatic hydroxyl groups is 1. The van der Waals surface area contributed by atoms with Gasteiger partial charge in [-0.1, -0.05) is 12.8 Å². The van der Waals surface area contributed by atoms with Gasteiger partial charge in [0.15, 0.2) is 0 Å². The first kappa shape index (κ1) is 14.6. The summed E-state index contributed by atoms with van der Waals surface area (Å²) in [6, 6.07) is 4.79. The van der Waals surface area contributed by atoms with E-state index >= 15 is 0 Å². The number of aliphatic hydroxyl groups excluding tert-OH is 1. The van der Waals surface area contributed by atoms with E-state index in [1.54, 1.807) is 23.9 Å². The van der Waals surface area contributed by atoms with Gasteiger partial charge in [-0.2, -0.15) is 4.80 Å². The third-order valence-electron chi connectivity index (χ3n) is 3.14. The van der Waals surface area contributed by atoms with Crippen molar-refractivity contribution in [3.63, 3.8) is 0 Å². The Bertz CT molecular complexity index is 556. The minimum atomic E-state index is -0.231. The van der Waals surface area contributed by atoms with Gasteiger partial charge in [-0.3, -0.25) is 0 Å². The normalized spacial score (nSPS) is 10.9. The average molecular weight is 278 g/mol. The van der Waals surface area contributed by atoms with Crippen molar-refractivity contribution >= 4 is 0 Å². The number of aromatic nitrogens is 4. The molecular weight excluding hydrogens is 259 g/mol. The number of nitrogens with zero attached hydrogens (tertiary/aromatic N) is 4. The van der Waals surface area contributed by atoms with Crippen LogP contribution < -0.4 is 0 Å². The Morgan fingerprint density at radius 1 is 1.20 bits per heavy atom. The number of hydrogen-bond acceptors (Lipinski definition) is 4. The SMILES string of the molecule is Cc1cc(-c2nnn(CCCCCCO)n2)ccc1F. The fraction of sp³-hybridized carbons (Fsp3) is 0.500. The van der Waals surface area contributed by atoms with Gasteiger partial charge in [0.05, 0.1) is 6.54 Å². The van der Waals surface area contributed by atoms with Gasteiger partial charge in [-0.15, -0.1) is 10.2 Å². The highest BCUT2D eigenvalue weighted by molar-refractivity contribution is 5.54. The minimum absolute atomic E-state index is 0.231. The van der Waals surface area contributed by atoms with Gasteiger partial charge >= 0.3 is 0 Å². The number of rotatable bonds is 7. The Morgan fingerprint density at radius 3 is 2.75 bits per heavy atom. The fourth-order valence-electron chi connectivity index (χ4n) is 1.96. The maximum Gasteiger partial charge on any atom is 0.204 e. The Morgan fingerprint density at radius 2 is 2.00 bits per heavy atom. The molecule has 1 heterocycles. The van der Waals surface area contributed by atoms with E-state index in [0.29, 0.717) is 17.9 Å². The first-order chi connectivity index (χ1) is 9.70. The van der Waals surface area contributed by atoms with Gasteiger partial charge in [0.1, 0.15) is 5.82 Å². The molecule has 1 N–H and O–H groups in total. The Labute approximate surface area is 117 Å². The zero-order valence-electron chi connectivity index (χ0n) is 11.6. The average Bonchev–Trinajstić information content (AvgIpc) is 2.90. The number of aryl methyl sites for hydroxylation is 2. The van der Waals surface area contributed by atoms with E-state index in [4.69, 9.17) is 5.11 Å². The molecule has 0 amide bonds. The van der Waals surface area contributed by atoms with Crippen LogP contribution in [0.5, 0.6) is 0 Å². The topological polar surface area (TPSA) is 63.8 Å². The molecule has 0 aliphatic heterocycles. The molecule has 108 valence electrons. The van der Waals surface area contributed by atoms with Crippen molar-refractivity contribution in [3.8, 4) is 11.4 Å². The maximum absolute atomic E-state index is 13.2. The summed E-state index contributed by atoms with van der Waals surface area (Å²) in [6.45, 7) is 2.67. The quantitative estimate of drug-likeness (QED) is 0.790. The van der Waals surface area contributed by atoms with Crippen molar-refractivity contribution < 1.29 is 9.50 Å². The van der Waals surface area contributed by atoms with Crippen LogP contribution in [0.2, 0.25) is 0 Å². The third-order valence-corrected chi connectivity index (χ3v) is 3.14. The number of benzene rings is 1. The molecule has 2 rings (SSSR count). The van der Waals surface area contributed by atoms with E-state index in [9.17, 15) is 4.39 Å². The predicted octanol–water partition coefficient (Wildman–Crippen LogP) is 2.34. The first-order valence-corrected chi connectivity index (χ1v) is 6.86. The summed E-state index contributed by atoms with van der Waals surface area (Å²) in [5, 5.41) is 21.0. The summed E-state index contributed by atoms with van der Waals surface area (Å²) in [7, 11) is 0. The van der Waals surface area contributed by atoms with Crippen LogP contribution >= 0.6 is 0 Å². The summed E-state index contributed by atoms with van der Waals surface area (Å²) in [5.41, 5.74) is 1.35. The van der Waals surface area contributed by atoms with Crippen LogP contribution in [0.1, 0.15) is 31.2 Å². The lowest BCUT2D eigenvalue weighted by Crippen LogP contribution is -2.02. The van der Waals surface area contributed by atoms with Crippen LogP contribution in [-0.2, 0) is 6.54 Å². The Hall–Kier alpha value is -1.82. The molecule has 0 radical (unpaired) electrons. The molecule has 0 saturated carbocycles. The summed E-state index contributed by atoms with van der Waals surface area (Å²) >= 11 is 0. The molecule has 2 aromatic rings. The second kappa shape index (κ2) is 7.09. The molecule has 5 nitrogen and oxygen atoms in total. The maximum atomic E-state index is 13.2. The fourth-order valence-corrected chi connectivity index (χ4v) is 1.96. The van der Waals surface area contributed by atoms with Crippen LogP contribution in [0.25, 0.3) is 11.4 Å². The van der Waals surface area contributed by atoms with Gasteiger partial charge in [-0.25, -0.2) is 4.39 Å². The van der Waals surface area contributed by atoms with E-state index in [-0.39, 0.29) is 12.4 Å². The summed E-state index contributed by atoms with van der Waals surface area (Å²) < 4.78 is 13.2. The van der Waals surface area contributed by atoms with Gasteiger partial charge in [-0.05, 0) is 48.7 Å². The van der Waals surface area contributed by atoms with Crippen molar-refractivity contribution in [1.82, 2.24) is 20.2 Å². The zero-order valence-corrected chi connectivity index (χ0v) is 11.6. The Kier molecular flexibility index (Phi) is 5.17. The third kappa shape index (κ3) is 3.84. The molecule has 6 heteroatoms. The van der Waals surface area contributed by atoms with Crippen molar-refractivity contribution in [1.29, 1.82) is 0 Å². The van der Waals surface area contributed by atoms with Crippen LogP contribution in [0.4, 0.5) is 4.39 Å². The molecule has 0 spiro atoms. The van der Waals surface area contributed by atoms with Crippen molar-refractivity contribution in [2.75, 3.05) is 6.61 Å². The highest BCUT2D eigenvalue weighted by atomic mass is 19.1. The largest absolute Gasteiger partial charge is 0.396 e. The van der Waals surface area contributed by atoms with Gasteiger partial charge < -0.3 is 5.11 Å². The summed E-state index contributed by atoms with van der Waals surface area (Å²) in [6.07, 6.45) is 3.84. The van der Waals surface area contributed by atoms with Crippen molar-refractivity contribution in [2.45, 2.75) is 39.2 Å². The van der Waals surface area contributed by atoms with Crippen LogP contribution in [0.3, 0.4) is 0 Å². The first-order valence-electron chi connectivity index (χ1n) is 6.86. The van der Waals surface area contributed by atoms with E-state index in [0.717, 1.165) is 31.2 Å². The second-order valence-electron chi connectivity index (χ2n) is 4.81. The molecule has 1 aromatic heterocycles. The molecule has 1 aromatic carbocycles. The van der Waals surface area contributed by atoms with Gasteiger partial charge in [0.2, 0.25) is 5.82 Å². The van der Waals surface area contributed by atoms with Crippen molar-refractivity contribution in [2.24, 2.45) is 0 Å². The standard InChI is InChI=1S/C14H19FN4O/c1-11-10-12(6-7-13(11)15)14-16-18-19(17-14)8-4-2-3-5-9-20/h6-7,10,20H,2-5,8-9H2,1H3. The number of halogens is 1. The van der Waals surface area contributed by atoms with E-state index in [2.05, 4.69) is 15.4 Å². The Balaban J connectivity index is 1.93. The molecule has 0 aliphatic rings. The lowest BCUT2D eigenvalue weighted by molar-refractivity contribution is 0.281. The van der Waals surface area contributed by atoms with E-state index < -0.39 is 0 Å². The summed E-state index contributed by atoms with van der Waals surface area (Å²) in [4.78, 5) is 1.56. The zero-order chi connectivity index (χ0) is 14.4. The molecule has 0 unspecified atom stereocenters. The van der Waals surface area contributed by atoms with Gasteiger partial charge in [0, 0.05) is 12.2 Å². The van der Waals surface area contributed by atoms with E-state index in [1.807, 2.05) is 0 Å².